The highest BCUT2D eigenvalue weighted by Crippen LogP contribution is 2.28. The van der Waals surface area contributed by atoms with E-state index >= 15 is 0 Å². The van der Waals surface area contributed by atoms with Gasteiger partial charge in [-0.25, -0.2) is 0 Å². The first kappa shape index (κ1) is 9.15. The van der Waals surface area contributed by atoms with E-state index in [0.717, 1.165) is 5.69 Å². The van der Waals surface area contributed by atoms with Crippen molar-refractivity contribution in [2.24, 2.45) is 0 Å². The predicted octanol–water partition coefficient (Wildman–Crippen LogP) is 2.75. The Bertz CT molecular complexity index is 355. The van der Waals surface area contributed by atoms with E-state index in [1.807, 2.05) is 0 Å². The summed E-state index contributed by atoms with van der Waals surface area (Å²) in [6.45, 7) is 0. The Morgan fingerprint density at radius 1 is 1.38 bits per heavy atom. The highest BCUT2D eigenvalue weighted by molar-refractivity contribution is 8.03. The van der Waals surface area contributed by atoms with Gasteiger partial charge in [0.25, 0.3) is 0 Å². The molecule has 13 heavy (non-hydrogen) atoms. The number of nitrogens with zero attached hydrogens (tertiary/aromatic N) is 2. The monoisotopic (exact) mass is 233 g/mol. The van der Waals surface area contributed by atoms with Crippen molar-refractivity contribution in [2.45, 2.75) is 0 Å². The van der Waals surface area contributed by atoms with Gasteiger partial charge in [0.1, 0.15) is 4.36 Å². The summed E-state index contributed by atoms with van der Waals surface area (Å²) >= 11 is 12.9. The molecule has 0 fully saturated rings. The molecule has 0 spiro atoms. The highest BCUT2D eigenvalue weighted by Gasteiger charge is 2.12. The fourth-order valence-electron chi connectivity index (χ4n) is 0.907. The van der Waals surface area contributed by atoms with Crippen molar-refractivity contribution < 1.29 is 0 Å². The predicted molar refractivity (Wildman–Crippen MR) is 56.4 cm³/mol. The lowest BCUT2D eigenvalue weighted by Crippen LogP contribution is -2.22. The van der Waals surface area contributed by atoms with Gasteiger partial charge in [0.2, 0.25) is 0 Å². The van der Waals surface area contributed by atoms with Gasteiger partial charge in [-0.15, -0.1) is 0 Å². The Hall–Kier alpha value is -0.420. The first-order chi connectivity index (χ1) is 6.25. The fraction of sp³-hybridized carbons (Fsp3) is 0. The van der Waals surface area contributed by atoms with Crippen molar-refractivity contribution >= 4 is 40.8 Å². The van der Waals surface area contributed by atoms with Crippen LogP contribution < -0.4 is 9.84 Å². The van der Waals surface area contributed by atoms with Crippen molar-refractivity contribution in [3.8, 4) is 0 Å². The number of aromatic nitrogens is 1. The van der Waals surface area contributed by atoms with Crippen LogP contribution in [0.5, 0.6) is 0 Å². The number of hydrogen-bond acceptors (Lipinski definition) is 4. The summed E-state index contributed by atoms with van der Waals surface area (Å²) in [7, 11) is 0. The van der Waals surface area contributed by atoms with Gasteiger partial charge in [-0.3, -0.25) is 9.99 Å². The molecule has 68 valence electrons. The van der Waals surface area contributed by atoms with Crippen LogP contribution in [0.3, 0.4) is 0 Å². The number of pyridine rings is 1. The molecule has 0 aromatic carbocycles. The number of halogens is 2. The third-order valence-corrected chi connectivity index (χ3v) is 2.56. The summed E-state index contributed by atoms with van der Waals surface area (Å²) in [5.41, 5.74) is 0.857. The lowest BCUT2D eigenvalue weighted by Gasteiger charge is -2.13. The molecule has 3 nitrogen and oxygen atoms in total. The standard InChI is InChI=1S/C7H5Cl2N3S/c8-5-1-6(3-10-2-5)12-4-7(9)13-11-12/h1-4,11H. The smallest absolute Gasteiger partial charge is 0.108 e. The van der Waals surface area contributed by atoms with Crippen LogP contribution in [0.25, 0.3) is 0 Å². The van der Waals surface area contributed by atoms with Crippen LogP contribution in [-0.4, -0.2) is 4.98 Å². The second-order valence-electron chi connectivity index (χ2n) is 2.36. The maximum Gasteiger partial charge on any atom is 0.108 e. The van der Waals surface area contributed by atoms with E-state index in [9.17, 15) is 0 Å². The number of anilines is 1. The minimum Gasteiger partial charge on any atom is -0.270 e. The zero-order chi connectivity index (χ0) is 9.26. The van der Waals surface area contributed by atoms with Crippen LogP contribution in [0.1, 0.15) is 0 Å². The third kappa shape index (κ3) is 2.08. The van der Waals surface area contributed by atoms with Gasteiger partial charge in [0.05, 0.1) is 16.9 Å². The summed E-state index contributed by atoms with van der Waals surface area (Å²) in [5, 5.41) is 2.35. The quantitative estimate of drug-likeness (QED) is 0.756. The molecule has 1 aliphatic rings. The van der Waals surface area contributed by atoms with E-state index in [-0.39, 0.29) is 0 Å². The van der Waals surface area contributed by atoms with Crippen LogP contribution in [0, 0.1) is 0 Å². The first-order valence-corrected chi connectivity index (χ1v) is 5.02. The topological polar surface area (TPSA) is 28.2 Å². The fourth-order valence-corrected chi connectivity index (χ4v) is 1.78. The minimum absolute atomic E-state index is 0.598. The van der Waals surface area contributed by atoms with Gasteiger partial charge >= 0.3 is 0 Å². The average Bonchev–Trinajstić information content (AvgIpc) is 2.52. The Kier molecular flexibility index (Phi) is 2.64. The van der Waals surface area contributed by atoms with Gasteiger partial charge in [-0.05, 0) is 18.0 Å². The summed E-state index contributed by atoms with van der Waals surface area (Å²) in [4.78, 5) is 6.94. The van der Waals surface area contributed by atoms with Crippen molar-refractivity contribution in [2.75, 3.05) is 5.01 Å². The largest absolute Gasteiger partial charge is 0.270 e. The number of nitrogens with one attached hydrogen (secondary N) is 1. The molecule has 1 aromatic rings. The second-order valence-corrected chi connectivity index (χ2v) is 4.25. The van der Waals surface area contributed by atoms with Gasteiger partial charge < -0.3 is 0 Å². The summed E-state index contributed by atoms with van der Waals surface area (Å²) in [5.74, 6) is 0. The van der Waals surface area contributed by atoms with Crippen LogP contribution in [0.15, 0.2) is 29.0 Å². The molecule has 2 rings (SSSR count). The first-order valence-electron chi connectivity index (χ1n) is 3.45. The van der Waals surface area contributed by atoms with Crippen LogP contribution in [0.4, 0.5) is 5.69 Å². The third-order valence-electron chi connectivity index (χ3n) is 1.44. The number of rotatable bonds is 1. The zero-order valence-electron chi connectivity index (χ0n) is 6.37. The Morgan fingerprint density at radius 2 is 2.23 bits per heavy atom. The van der Waals surface area contributed by atoms with E-state index < -0.39 is 0 Å². The lowest BCUT2D eigenvalue weighted by molar-refractivity contribution is 0.998. The lowest BCUT2D eigenvalue weighted by atomic mass is 10.4. The number of hydrazine groups is 1. The maximum absolute atomic E-state index is 5.78. The molecule has 0 unspecified atom stereocenters. The van der Waals surface area contributed by atoms with Gasteiger partial charge in [0, 0.05) is 12.4 Å². The van der Waals surface area contributed by atoms with Crippen molar-refractivity contribution in [3.63, 3.8) is 0 Å². The molecule has 0 amide bonds. The SMILES string of the molecule is ClC1=CN(c2cncc(Cl)c2)NS1. The number of hydrogen-bond donors (Lipinski definition) is 1. The Labute approximate surface area is 89.8 Å². The van der Waals surface area contributed by atoms with E-state index in [1.54, 1.807) is 29.7 Å². The second kappa shape index (κ2) is 3.75. The molecule has 0 saturated carbocycles. The minimum atomic E-state index is 0.598. The zero-order valence-corrected chi connectivity index (χ0v) is 8.70. The van der Waals surface area contributed by atoms with Crippen LogP contribution >= 0.6 is 35.1 Å². The van der Waals surface area contributed by atoms with E-state index in [2.05, 4.69) is 9.82 Å². The molecule has 0 bridgehead atoms. The molecule has 2 heterocycles. The van der Waals surface area contributed by atoms with Crippen LogP contribution in [-0.2, 0) is 0 Å². The van der Waals surface area contributed by atoms with Crippen LogP contribution in [0.2, 0.25) is 5.02 Å². The average molecular weight is 234 g/mol. The molecule has 1 N–H and O–H groups in total. The van der Waals surface area contributed by atoms with Gasteiger partial charge in [-0.2, -0.15) is 4.83 Å². The molecule has 0 saturated heterocycles. The Morgan fingerprint density at radius 3 is 2.85 bits per heavy atom. The Balaban J connectivity index is 2.26. The molecular weight excluding hydrogens is 229 g/mol. The molecule has 0 aliphatic carbocycles. The maximum atomic E-state index is 5.78. The van der Waals surface area contributed by atoms with E-state index in [4.69, 9.17) is 23.2 Å². The van der Waals surface area contributed by atoms with Crippen molar-refractivity contribution in [3.05, 3.63) is 34.0 Å². The summed E-state index contributed by atoms with van der Waals surface area (Å²) in [6, 6.07) is 1.80. The molecule has 0 radical (unpaired) electrons. The normalized spacial score (nSPS) is 16.2. The molecule has 0 atom stereocenters. The molecular formula is C7H5Cl2N3S. The van der Waals surface area contributed by atoms with Crippen molar-refractivity contribution in [1.82, 2.24) is 9.82 Å². The van der Waals surface area contributed by atoms with E-state index in [0.29, 0.717) is 9.39 Å². The molecule has 6 heteroatoms. The molecule has 1 aliphatic heterocycles. The van der Waals surface area contributed by atoms with Crippen molar-refractivity contribution in [1.29, 1.82) is 0 Å². The van der Waals surface area contributed by atoms with Gasteiger partial charge in [0.15, 0.2) is 0 Å². The van der Waals surface area contributed by atoms with E-state index in [1.165, 1.54) is 11.9 Å². The van der Waals surface area contributed by atoms with Gasteiger partial charge in [-0.1, -0.05) is 23.2 Å². The summed E-state index contributed by atoms with van der Waals surface area (Å²) in [6.07, 6.45) is 5.05. The molecule has 1 aromatic heterocycles. The summed E-state index contributed by atoms with van der Waals surface area (Å²) < 4.78 is 0.681. The highest BCUT2D eigenvalue weighted by atomic mass is 35.5.